The minimum Gasteiger partial charge on any atom is -0.394 e. The largest absolute Gasteiger partial charge is 0.394 e. The highest BCUT2D eigenvalue weighted by molar-refractivity contribution is 5.48. The number of nitro groups is 1. The fraction of sp³-hybridized carbons (Fsp3) is 0.444. The van der Waals surface area contributed by atoms with Crippen molar-refractivity contribution < 1.29 is 15.1 Å². The van der Waals surface area contributed by atoms with Gasteiger partial charge in [0, 0.05) is 12.6 Å². The number of nitrogens with zero attached hydrogens (tertiary/aromatic N) is 2. The Bertz CT molecular complexity index is 383. The number of hydrogen-bond donors (Lipinski definition) is 3. The Morgan fingerprint density at radius 2 is 2.38 bits per heavy atom. The van der Waals surface area contributed by atoms with Crippen LogP contribution in [0.1, 0.15) is 5.56 Å². The first-order chi connectivity index (χ1) is 7.54. The van der Waals surface area contributed by atoms with Crippen LogP contribution in [0.25, 0.3) is 0 Å². The molecule has 0 radical (unpaired) electrons. The van der Waals surface area contributed by atoms with E-state index in [0.717, 1.165) is 6.20 Å². The van der Waals surface area contributed by atoms with Crippen molar-refractivity contribution in [2.45, 2.75) is 13.0 Å². The van der Waals surface area contributed by atoms with E-state index in [1.165, 1.54) is 6.07 Å². The van der Waals surface area contributed by atoms with E-state index in [0.29, 0.717) is 11.4 Å². The molecule has 1 aromatic rings. The molecule has 0 aromatic carbocycles. The van der Waals surface area contributed by atoms with Gasteiger partial charge >= 0.3 is 0 Å². The number of anilines is 1. The molecule has 0 aliphatic heterocycles. The Morgan fingerprint density at radius 1 is 1.69 bits per heavy atom. The zero-order chi connectivity index (χ0) is 12.1. The fourth-order valence-electron chi connectivity index (χ4n) is 1.12. The second-order valence-corrected chi connectivity index (χ2v) is 3.33. The Kier molecular flexibility index (Phi) is 4.15. The molecular formula is C9H13N3O4. The summed E-state index contributed by atoms with van der Waals surface area (Å²) in [5, 5.41) is 30.9. The first-order valence-corrected chi connectivity index (χ1v) is 4.68. The highest BCUT2D eigenvalue weighted by Gasteiger charge is 2.10. The minimum absolute atomic E-state index is 0.0780. The number of aromatic nitrogens is 1. The number of aliphatic hydroxyl groups excluding tert-OH is 2. The van der Waals surface area contributed by atoms with E-state index in [4.69, 9.17) is 10.2 Å². The van der Waals surface area contributed by atoms with Gasteiger partial charge in [-0.1, -0.05) is 0 Å². The van der Waals surface area contributed by atoms with E-state index < -0.39 is 11.0 Å². The van der Waals surface area contributed by atoms with E-state index in [1.807, 2.05) is 0 Å². The van der Waals surface area contributed by atoms with Gasteiger partial charge in [0.1, 0.15) is 12.0 Å². The van der Waals surface area contributed by atoms with Gasteiger partial charge in [-0.25, -0.2) is 4.98 Å². The van der Waals surface area contributed by atoms with Crippen molar-refractivity contribution in [1.82, 2.24) is 4.98 Å². The lowest BCUT2D eigenvalue weighted by molar-refractivity contribution is -0.385. The molecule has 0 saturated carbocycles. The number of aliphatic hydroxyl groups is 2. The molecule has 0 spiro atoms. The van der Waals surface area contributed by atoms with Gasteiger partial charge in [0.25, 0.3) is 5.69 Å². The van der Waals surface area contributed by atoms with Crippen LogP contribution in [0, 0.1) is 17.0 Å². The van der Waals surface area contributed by atoms with Crippen molar-refractivity contribution >= 4 is 11.5 Å². The van der Waals surface area contributed by atoms with Crippen LogP contribution in [0.3, 0.4) is 0 Å². The van der Waals surface area contributed by atoms with Crippen molar-refractivity contribution in [2.75, 3.05) is 18.5 Å². The zero-order valence-corrected chi connectivity index (χ0v) is 8.75. The van der Waals surface area contributed by atoms with Crippen LogP contribution in [0.2, 0.25) is 0 Å². The van der Waals surface area contributed by atoms with Crippen molar-refractivity contribution in [3.8, 4) is 0 Å². The quantitative estimate of drug-likeness (QED) is 0.485. The average Bonchev–Trinajstić information content (AvgIpc) is 2.26. The maximum atomic E-state index is 10.4. The molecule has 1 aromatic heterocycles. The summed E-state index contributed by atoms with van der Waals surface area (Å²) >= 11 is 0. The number of hydrogen-bond acceptors (Lipinski definition) is 6. The fourth-order valence-corrected chi connectivity index (χ4v) is 1.12. The molecule has 7 heteroatoms. The van der Waals surface area contributed by atoms with Gasteiger partial charge in [-0.3, -0.25) is 10.1 Å². The third-order valence-electron chi connectivity index (χ3n) is 1.99. The van der Waals surface area contributed by atoms with Crippen LogP contribution in [-0.4, -0.2) is 39.4 Å². The predicted octanol–water partition coefficient (Wildman–Crippen LogP) is 0.0633. The van der Waals surface area contributed by atoms with Gasteiger partial charge in [0.05, 0.1) is 17.6 Å². The predicted molar refractivity (Wildman–Crippen MR) is 57.2 cm³/mol. The molecule has 1 heterocycles. The van der Waals surface area contributed by atoms with Gasteiger partial charge in [-0.15, -0.1) is 0 Å². The Labute approximate surface area is 91.9 Å². The maximum Gasteiger partial charge on any atom is 0.287 e. The van der Waals surface area contributed by atoms with Crippen molar-refractivity contribution in [1.29, 1.82) is 0 Å². The molecule has 0 amide bonds. The Balaban J connectivity index is 2.72. The number of nitrogens with one attached hydrogen (secondary N) is 1. The second kappa shape index (κ2) is 5.38. The van der Waals surface area contributed by atoms with Crippen molar-refractivity contribution in [2.24, 2.45) is 0 Å². The summed E-state index contributed by atoms with van der Waals surface area (Å²) in [6, 6.07) is 1.39. The number of rotatable bonds is 5. The highest BCUT2D eigenvalue weighted by atomic mass is 16.6. The molecule has 0 aliphatic carbocycles. The van der Waals surface area contributed by atoms with Gasteiger partial charge in [0.15, 0.2) is 0 Å². The molecule has 0 aliphatic rings. The molecular weight excluding hydrogens is 214 g/mol. The minimum atomic E-state index is -0.878. The van der Waals surface area contributed by atoms with Crippen LogP contribution in [0.4, 0.5) is 11.5 Å². The van der Waals surface area contributed by atoms with E-state index in [1.54, 1.807) is 6.92 Å². The van der Waals surface area contributed by atoms with Crippen LogP contribution < -0.4 is 5.32 Å². The van der Waals surface area contributed by atoms with Crippen molar-refractivity contribution in [3.63, 3.8) is 0 Å². The SMILES string of the molecule is Cc1cc([N+](=O)[O-])cnc1NCC(O)CO. The topological polar surface area (TPSA) is 109 Å². The zero-order valence-electron chi connectivity index (χ0n) is 8.75. The Hall–Kier alpha value is -1.73. The smallest absolute Gasteiger partial charge is 0.287 e. The Morgan fingerprint density at radius 3 is 2.88 bits per heavy atom. The summed E-state index contributed by atoms with van der Waals surface area (Å²) in [6.07, 6.45) is 0.261. The molecule has 1 atom stereocenters. The van der Waals surface area contributed by atoms with Gasteiger partial charge in [-0.2, -0.15) is 0 Å². The van der Waals surface area contributed by atoms with Crippen LogP contribution in [0.15, 0.2) is 12.3 Å². The van der Waals surface area contributed by atoms with E-state index in [9.17, 15) is 10.1 Å². The molecule has 16 heavy (non-hydrogen) atoms. The molecule has 0 saturated heterocycles. The first kappa shape index (κ1) is 12.3. The number of pyridine rings is 1. The lowest BCUT2D eigenvalue weighted by atomic mass is 10.2. The second-order valence-electron chi connectivity index (χ2n) is 3.33. The van der Waals surface area contributed by atoms with Gasteiger partial charge in [-0.05, 0) is 12.5 Å². The molecule has 3 N–H and O–H groups in total. The normalized spacial score (nSPS) is 12.2. The first-order valence-electron chi connectivity index (χ1n) is 4.68. The van der Waals surface area contributed by atoms with Gasteiger partial charge < -0.3 is 15.5 Å². The van der Waals surface area contributed by atoms with Gasteiger partial charge in [0.2, 0.25) is 0 Å². The summed E-state index contributed by atoms with van der Waals surface area (Å²) in [6.45, 7) is 1.47. The summed E-state index contributed by atoms with van der Waals surface area (Å²) in [5.41, 5.74) is 0.532. The monoisotopic (exact) mass is 227 g/mol. The standard InChI is InChI=1S/C9H13N3O4/c1-6-2-7(12(15)16)3-10-9(6)11-4-8(14)5-13/h2-3,8,13-14H,4-5H2,1H3,(H,10,11). The lowest BCUT2D eigenvalue weighted by Gasteiger charge is -2.10. The molecule has 7 nitrogen and oxygen atoms in total. The molecule has 88 valence electrons. The van der Waals surface area contributed by atoms with Crippen molar-refractivity contribution in [3.05, 3.63) is 27.9 Å². The van der Waals surface area contributed by atoms with Crippen LogP contribution in [-0.2, 0) is 0 Å². The highest BCUT2D eigenvalue weighted by Crippen LogP contribution is 2.17. The maximum absolute atomic E-state index is 10.4. The lowest BCUT2D eigenvalue weighted by Crippen LogP contribution is -2.23. The molecule has 1 rings (SSSR count). The summed E-state index contributed by atoms with van der Waals surface area (Å²) in [4.78, 5) is 13.8. The third kappa shape index (κ3) is 3.14. The van der Waals surface area contributed by atoms with Crippen LogP contribution >= 0.6 is 0 Å². The summed E-state index contributed by atoms with van der Waals surface area (Å²) in [7, 11) is 0. The molecule has 0 fully saturated rings. The summed E-state index contributed by atoms with van der Waals surface area (Å²) in [5.74, 6) is 0.457. The summed E-state index contributed by atoms with van der Waals surface area (Å²) < 4.78 is 0. The van der Waals surface area contributed by atoms with Crippen LogP contribution in [0.5, 0.6) is 0 Å². The third-order valence-corrected chi connectivity index (χ3v) is 1.99. The average molecular weight is 227 g/mol. The number of aryl methyl sites for hydroxylation is 1. The van der Waals surface area contributed by atoms with E-state index >= 15 is 0 Å². The van der Waals surface area contributed by atoms with E-state index in [2.05, 4.69) is 10.3 Å². The molecule has 1 unspecified atom stereocenters. The van der Waals surface area contributed by atoms with E-state index in [-0.39, 0.29) is 18.8 Å². The molecule has 0 bridgehead atoms.